The summed E-state index contributed by atoms with van der Waals surface area (Å²) in [4.78, 5) is 42.1. The standard InChI is InChI=1S/C27H21F2N5O6/c1-13-15-5-6-18(17(15)4-3-16(13)26(37)38)33-25(36)20-11-19(32-23-8-9-31-34(20)23)24(35)30-12-14-2-7-21-22(10-14)40-27(28,29)39-21/h2-4,7-11,18H,5-6,12H2,1H3,(H,30,35)(H,33,36)(H,37,38)/t18-/m0/s1. The highest BCUT2D eigenvalue weighted by molar-refractivity contribution is 5.98. The summed E-state index contributed by atoms with van der Waals surface area (Å²) in [7, 11) is 0. The number of carbonyl (C=O) groups excluding carboxylic acids is 2. The molecule has 40 heavy (non-hydrogen) atoms. The van der Waals surface area contributed by atoms with E-state index in [2.05, 4.69) is 30.2 Å². The molecule has 0 unspecified atom stereocenters. The van der Waals surface area contributed by atoms with E-state index >= 15 is 0 Å². The smallest absolute Gasteiger partial charge is 0.478 e. The molecule has 2 aliphatic rings. The summed E-state index contributed by atoms with van der Waals surface area (Å²) >= 11 is 0. The number of alkyl halides is 2. The van der Waals surface area contributed by atoms with Gasteiger partial charge in [-0.15, -0.1) is 8.78 Å². The molecule has 0 spiro atoms. The second-order valence-corrected chi connectivity index (χ2v) is 9.43. The molecule has 0 saturated carbocycles. The maximum Gasteiger partial charge on any atom is 0.586 e. The zero-order valence-corrected chi connectivity index (χ0v) is 20.9. The average molecular weight is 549 g/mol. The van der Waals surface area contributed by atoms with Gasteiger partial charge in [-0.25, -0.2) is 14.3 Å². The van der Waals surface area contributed by atoms with Crippen LogP contribution in [0.5, 0.6) is 11.5 Å². The van der Waals surface area contributed by atoms with Gasteiger partial charge in [0.1, 0.15) is 11.4 Å². The van der Waals surface area contributed by atoms with Gasteiger partial charge < -0.3 is 25.2 Å². The highest BCUT2D eigenvalue weighted by atomic mass is 19.3. The van der Waals surface area contributed by atoms with Gasteiger partial charge >= 0.3 is 12.3 Å². The van der Waals surface area contributed by atoms with Crippen molar-refractivity contribution < 1.29 is 37.7 Å². The van der Waals surface area contributed by atoms with Crippen molar-refractivity contribution in [1.82, 2.24) is 25.2 Å². The molecule has 2 amide bonds. The number of aromatic carboxylic acids is 1. The van der Waals surface area contributed by atoms with E-state index < -0.39 is 24.1 Å². The number of rotatable bonds is 6. The van der Waals surface area contributed by atoms with Crippen LogP contribution in [0.1, 0.15) is 66.1 Å². The Labute approximate surface area is 224 Å². The molecule has 13 heteroatoms. The first kappa shape index (κ1) is 25.2. The van der Waals surface area contributed by atoms with Crippen LogP contribution in [0.2, 0.25) is 0 Å². The number of carboxylic acids is 1. The van der Waals surface area contributed by atoms with Gasteiger partial charge in [-0.05, 0) is 60.2 Å². The van der Waals surface area contributed by atoms with Crippen LogP contribution in [0.25, 0.3) is 5.65 Å². The fourth-order valence-corrected chi connectivity index (χ4v) is 5.06. The molecule has 204 valence electrons. The average Bonchev–Trinajstić information content (AvgIpc) is 3.62. The number of hydrogen-bond donors (Lipinski definition) is 3. The van der Waals surface area contributed by atoms with Crippen molar-refractivity contribution in [2.24, 2.45) is 0 Å². The number of aromatic nitrogens is 3. The molecule has 2 aromatic heterocycles. The van der Waals surface area contributed by atoms with Gasteiger partial charge in [0.2, 0.25) is 0 Å². The Morgan fingerprint density at radius 3 is 2.70 bits per heavy atom. The van der Waals surface area contributed by atoms with Crippen molar-refractivity contribution in [3.05, 3.63) is 87.9 Å². The van der Waals surface area contributed by atoms with E-state index in [-0.39, 0.29) is 46.7 Å². The van der Waals surface area contributed by atoms with Crippen LogP contribution >= 0.6 is 0 Å². The van der Waals surface area contributed by atoms with Gasteiger partial charge in [0, 0.05) is 18.7 Å². The molecule has 0 bridgehead atoms. The van der Waals surface area contributed by atoms with Crippen molar-refractivity contribution in [1.29, 1.82) is 0 Å². The zero-order valence-electron chi connectivity index (χ0n) is 20.9. The summed E-state index contributed by atoms with van der Waals surface area (Å²) < 4.78 is 36.7. The lowest BCUT2D eigenvalue weighted by Crippen LogP contribution is -2.30. The topological polar surface area (TPSA) is 144 Å². The first-order chi connectivity index (χ1) is 19.1. The Hall–Kier alpha value is -5.07. The lowest BCUT2D eigenvalue weighted by atomic mass is 9.98. The molecule has 3 heterocycles. The number of carbonyl (C=O) groups is 3. The van der Waals surface area contributed by atoms with Crippen LogP contribution in [-0.4, -0.2) is 43.8 Å². The lowest BCUT2D eigenvalue weighted by molar-refractivity contribution is -0.286. The summed E-state index contributed by atoms with van der Waals surface area (Å²) in [6.45, 7) is 1.73. The maximum absolute atomic E-state index is 13.4. The number of amides is 2. The predicted molar refractivity (Wildman–Crippen MR) is 133 cm³/mol. The molecule has 11 nitrogen and oxygen atoms in total. The van der Waals surface area contributed by atoms with Crippen LogP contribution < -0.4 is 20.1 Å². The van der Waals surface area contributed by atoms with Gasteiger partial charge in [-0.1, -0.05) is 12.1 Å². The summed E-state index contributed by atoms with van der Waals surface area (Å²) in [5, 5.41) is 19.2. The number of ether oxygens (including phenoxy) is 2. The van der Waals surface area contributed by atoms with E-state index in [1.54, 1.807) is 19.1 Å². The zero-order chi connectivity index (χ0) is 28.2. The minimum atomic E-state index is -3.74. The van der Waals surface area contributed by atoms with E-state index in [4.69, 9.17) is 0 Å². The summed E-state index contributed by atoms with van der Waals surface area (Å²) in [5.74, 6) is -2.33. The normalized spacial score (nSPS) is 16.5. The van der Waals surface area contributed by atoms with Crippen LogP contribution in [0.4, 0.5) is 8.78 Å². The molecule has 1 aliphatic carbocycles. The van der Waals surface area contributed by atoms with Gasteiger partial charge in [0.05, 0.1) is 17.8 Å². The van der Waals surface area contributed by atoms with Crippen LogP contribution in [0.3, 0.4) is 0 Å². The predicted octanol–water partition coefficient (Wildman–Crippen LogP) is 3.40. The monoisotopic (exact) mass is 549 g/mol. The molecule has 3 N–H and O–H groups in total. The molecule has 4 aromatic rings. The molecular formula is C27H21F2N5O6. The quantitative estimate of drug-likeness (QED) is 0.332. The summed E-state index contributed by atoms with van der Waals surface area (Å²) in [6.07, 6.45) is -1.09. The summed E-state index contributed by atoms with van der Waals surface area (Å²) in [6, 6.07) is 9.94. The van der Waals surface area contributed by atoms with Crippen molar-refractivity contribution >= 4 is 23.4 Å². The molecule has 6 rings (SSSR count). The molecule has 1 atom stereocenters. The van der Waals surface area contributed by atoms with Crippen molar-refractivity contribution in [2.45, 2.75) is 38.6 Å². The molecule has 2 aromatic carbocycles. The van der Waals surface area contributed by atoms with E-state index in [0.29, 0.717) is 24.0 Å². The minimum absolute atomic E-state index is 0.0226. The number of nitrogens with zero attached hydrogens (tertiary/aromatic N) is 3. The highest BCUT2D eigenvalue weighted by Gasteiger charge is 2.43. The molecule has 0 radical (unpaired) electrons. The minimum Gasteiger partial charge on any atom is -0.478 e. The van der Waals surface area contributed by atoms with Crippen molar-refractivity contribution in [3.8, 4) is 11.5 Å². The summed E-state index contributed by atoms with van der Waals surface area (Å²) in [5.41, 5.74) is 3.45. The Kier molecular flexibility index (Phi) is 5.86. The molecule has 0 saturated heterocycles. The number of hydrogen-bond acceptors (Lipinski definition) is 7. The third-order valence-corrected chi connectivity index (χ3v) is 6.97. The molecular weight excluding hydrogens is 528 g/mol. The Morgan fingerprint density at radius 2 is 1.90 bits per heavy atom. The first-order valence-corrected chi connectivity index (χ1v) is 12.3. The number of benzene rings is 2. The fourth-order valence-electron chi connectivity index (χ4n) is 5.06. The van der Waals surface area contributed by atoms with E-state index in [1.807, 2.05) is 0 Å². The molecule has 1 aliphatic heterocycles. The molecule has 0 fully saturated rings. The van der Waals surface area contributed by atoms with E-state index in [0.717, 1.165) is 11.1 Å². The van der Waals surface area contributed by atoms with E-state index in [9.17, 15) is 28.3 Å². The maximum atomic E-state index is 13.4. The van der Waals surface area contributed by atoms with E-state index in [1.165, 1.54) is 41.0 Å². The Balaban J connectivity index is 1.20. The Morgan fingerprint density at radius 1 is 1.10 bits per heavy atom. The lowest BCUT2D eigenvalue weighted by Gasteiger charge is -2.16. The fraction of sp³-hybridized carbons (Fsp3) is 0.222. The van der Waals surface area contributed by atoms with Gasteiger partial charge in [0.25, 0.3) is 11.8 Å². The second-order valence-electron chi connectivity index (χ2n) is 9.43. The van der Waals surface area contributed by atoms with Crippen LogP contribution in [0.15, 0.2) is 48.7 Å². The second kappa shape index (κ2) is 9.29. The van der Waals surface area contributed by atoms with Gasteiger partial charge in [0.15, 0.2) is 17.1 Å². The third kappa shape index (κ3) is 4.44. The van der Waals surface area contributed by atoms with Gasteiger partial charge in [-0.2, -0.15) is 5.10 Å². The highest BCUT2D eigenvalue weighted by Crippen LogP contribution is 2.41. The number of nitrogens with one attached hydrogen (secondary N) is 2. The largest absolute Gasteiger partial charge is 0.586 e. The van der Waals surface area contributed by atoms with Gasteiger partial charge in [-0.3, -0.25) is 9.59 Å². The number of halogens is 2. The number of fused-ring (bicyclic) bond motifs is 3. The number of carboxylic acid groups (broad SMARTS) is 1. The SMILES string of the molecule is Cc1c(C(=O)O)ccc2c1CC[C@@H]2NC(=O)c1cc(C(=O)NCc2ccc3c(c2)OC(F)(F)O3)nc2ccnn12. The van der Waals surface area contributed by atoms with Crippen LogP contribution in [-0.2, 0) is 13.0 Å². The first-order valence-electron chi connectivity index (χ1n) is 12.3. The van der Waals surface area contributed by atoms with Crippen LogP contribution in [0, 0.1) is 6.92 Å². The van der Waals surface area contributed by atoms with Crippen molar-refractivity contribution in [3.63, 3.8) is 0 Å². The van der Waals surface area contributed by atoms with Crippen molar-refractivity contribution in [2.75, 3.05) is 0 Å². The third-order valence-electron chi connectivity index (χ3n) is 6.97. The Bertz CT molecular complexity index is 1720.